The van der Waals surface area contributed by atoms with Gasteiger partial charge < -0.3 is 0 Å². The normalized spacial score (nSPS) is 21.1. The van der Waals surface area contributed by atoms with Crippen LogP contribution < -0.4 is 5.01 Å². The highest BCUT2D eigenvalue weighted by atomic mass is 35.5. The van der Waals surface area contributed by atoms with Crippen LogP contribution in [0.3, 0.4) is 0 Å². The summed E-state index contributed by atoms with van der Waals surface area (Å²) < 4.78 is 0. The molecule has 13 heavy (non-hydrogen) atoms. The Morgan fingerprint density at radius 3 is 2.85 bits per heavy atom. The Morgan fingerprint density at radius 1 is 1.46 bits per heavy atom. The van der Waals surface area contributed by atoms with E-state index in [4.69, 9.17) is 11.6 Å². The van der Waals surface area contributed by atoms with E-state index in [1.807, 2.05) is 35.5 Å². The van der Waals surface area contributed by atoms with E-state index in [0.29, 0.717) is 5.92 Å². The first-order valence-electron chi connectivity index (χ1n) is 4.33. The van der Waals surface area contributed by atoms with Gasteiger partial charge in [-0.3, -0.25) is 5.01 Å². The second-order valence-corrected chi connectivity index (χ2v) is 3.68. The molecule has 2 rings (SSSR count). The molecule has 0 aromatic heterocycles. The Kier molecular flexibility index (Phi) is 2.23. The van der Waals surface area contributed by atoms with Crippen LogP contribution in [-0.2, 0) is 0 Å². The highest BCUT2D eigenvalue weighted by Crippen LogP contribution is 2.27. The van der Waals surface area contributed by atoms with E-state index in [2.05, 4.69) is 12.0 Å². The van der Waals surface area contributed by atoms with E-state index < -0.39 is 0 Å². The fourth-order valence-electron chi connectivity index (χ4n) is 1.38. The summed E-state index contributed by atoms with van der Waals surface area (Å²) in [6, 6.07) is 7.77. The van der Waals surface area contributed by atoms with Gasteiger partial charge >= 0.3 is 0 Å². The van der Waals surface area contributed by atoms with Crippen LogP contribution in [0.1, 0.15) is 6.92 Å². The highest BCUT2D eigenvalue weighted by Gasteiger charge is 2.16. The van der Waals surface area contributed by atoms with Crippen LogP contribution >= 0.6 is 11.6 Å². The number of hydrogen-bond acceptors (Lipinski definition) is 2. The summed E-state index contributed by atoms with van der Waals surface area (Å²) in [7, 11) is 0. The number of nitrogens with zero attached hydrogens (tertiary/aromatic N) is 2. The van der Waals surface area contributed by atoms with E-state index in [9.17, 15) is 0 Å². The zero-order valence-corrected chi connectivity index (χ0v) is 8.20. The van der Waals surface area contributed by atoms with E-state index in [0.717, 1.165) is 17.3 Å². The fourth-order valence-corrected chi connectivity index (χ4v) is 1.62. The smallest absolute Gasteiger partial charge is 0.0780 e. The van der Waals surface area contributed by atoms with Crippen molar-refractivity contribution in [2.24, 2.45) is 11.0 Å². The van der Waals surface area contributed by atoms with Crippen molar-refractivity contribution in [3.63, 3.8) is 0 Å². The maximum absolute atomic E-state index is 6.04. The zero-order chi connectivity index (χ0) is 9.26. The molecule has 1 aliphatic heterocycles. The predicted molar refractivity (Wildman–Crippen MR) is 56.5 cm³/mol. The minimum Gasteiger partial charge on any atom is -0.264 e. The zero-order valence-electron chi connectivity index (χ0n) is 7.44. The molecule has 0 amide bonds. The van der Waals surface area contributed by atoms with E-state index in [1.54, 1.807) is 0 Å². The average molecular weight is 195 g/mol. The van der Waals surface area contributed by atoms with Crippen LogP contribution in [0.25, 0.3) is 0 Å². The van der Waals surface area contributed by atoms with Crippen molar-refractivity contribution in [3.05, 3.63) is 29.3 Å². The lowest BCUT2D eigenvalue weighted by atomic mass is 10.2. The van der Waals surface area contributed by atoms with Crippen LogP contribution in [0.4, 0.5) is 5.69 Å². The highest BCUT2D eigenvalue weighted by molar-refractivity contribution is 6.33. The minimum absolute atomic E-state index is 0.510. The molecule has 1 unspecified atom stereocenters. The summed E-state index contributed by atoms with van der Waals surface area (Å²) in [5.74, 6) is 0.510. The third kappa shape index (κ3) is 1.68. The first kappa shape index (κ1) is 8.57. The molecule has 0 radical (unpaired) electrons. The molecule has 1 aliphatic rings. The summed E-state index contributed by atoms with van der Waals surface area (Å²) in [5, 5.41) is 6.97. The molecule has 3 heteroatoms. The standard InChI is InChI=1S/C10H11ClN2/c1-8-6-12-13(7-8)10-5-3-2-4-9(10)11/h2-6,8H,7H2,1H3. The molecule has 0 fully saturated rings. The molecule has 1 atom stereocenters. The van der Waals surface area contributed by atoms with Gasteiger partial charge in [0, 0.05) is 18.7 Å². The maximum atomic E-state index is 6.04. The van der Waals surface area contributed by atoms with Gasteiger partial charge in [-0.25, -0.2) is 0 Å². The van der Waals surface area contributed by atoms with Crippen LogP contribution in [-0.4, -0.2) is 12.8 Å². The topological polar surface area (TPSA) is 15.6 Å². The van der Waals surface area contributed by atoms with Crippen LogP contribution in [0.15, 0.2) is 29.4 Å². The van der Waals surface area contributed by atoms with Crippen LogP contribution in [0.5, 0.6) is 0 Å². The van der Waals surface area contributed by atoms with Crippen molar-refractivity contribution in [2.45, 2.75) is 6.92 Å². The van der Waals surface area contributed by atoms with E-state index in [1.165, 1.54) is 0 Å². The lowest BCUT2D eigenvalue weighted by molar-refractivity contribution is 0.781. The molecular formula is C10H11ClN2. The lowest BCUT2D eigenvalue weighted by Crippen LogP contribution is -2.15. The van der Waals surface area contributed by atoms with Gasteiger partial charge in [-0.1, -0.05) is 30.7 Å². The predicted octanol–water partition coefficient (Wildman–Crippen LogP) is 2.78. The fraction of sp³-hybridized carbons (Fsp3) is 0.300. The van der Waals surface area contributed by atoms with Gasteiger partial charge in [0.25, 0.3) is 0 Å². The van der Waals surface area contributed by atoms with Crippen molar-refractivity contribution in [1.82, 2.24) is 0 Å². The summed E-state index contributed by atoms with van der Waals surface area (Å²) in [5.41, 5.74) is 0.991. The monoisotopic (exact) mass is 194 g/mol. The van der Waals surface area contributed by atoms with Gasteiger partial charge in [0.15, 0.2) is 0 Å². The number of hydrogen-bond donors (Lipinski definition) is 0. The largest absolute Gasteiger partial charge is 0.264 e. The third-order valence-electron chi connectivity index (χ3n) is 2.05. The van der Waals surface area contributed by atoms with Gasteiger partial charge in [0.05, 0.1) is 10.7 Å². The van der Waals surface area contributed by atoms with Gasteiger partial charge in [-0.2, -0.15) is 5.10 Å². The van der Waals surface area contributed by atoms with Crippen LogP contribution in [0, 0.1) is 5.92 Å². The number of halogens is 1. The van der Waals surface area contributed by atoms with Gasteiger partial charge in [0.2, 0.25) is 0 Å². The first-order valence-corrected chi connectivity index (χ1v) is 4.71. The maximum Gasteiger partial charge on any atom is 0.0780 e. The molecule has 1 heterocycles. The second-order valence-electron chi connectivity index (χ2n) is 3.28. The molecule has 0 saturated carbocycles. The van der Waals surface area contributed by atoms with Gasteiger partial charge in [-0.05, 0) is 12.1 Å². The molecule has 1 aromatic rings. The number of para-hydroxylation sites is 1. The molecule has 0 saturated heterocycles. The van der Waals surface area contributed by atoms with Crippen LogP contribution in [0.2, 0.25) is 5.02 Å². The molecule has 2 nitrogen and oxygen atoms in total. The van der Waals surface area contributed by atoms with Gasteiger partial charge in [0.1, 0.15) is 0 Å². The quantitative estimate of drug-likeness (QED) is 0.671. The van der Waals surface area contributed by atoms with Crippen molar-refractivity contribution in [1.29, 1.82) is 0 Å². The van der Waals surface area contributed by atoms with Crippen molar-refractivity contribution >= 4 is 23.5 Å². The van der Waals surface area contributed by atoms with Crippen molar-refractivity contribution in [3.8, 4) is 0 Å². The molecule has 0 aliphatic carbocycles. The Hall–Kier alpha value is -1.02. The summed E-state index contributed by atoms with van der Waals surface area (Å²) >= 11 is 6.04. The van der Waals surface area contributed by atoms with E-state index >= 15 is 0 Å². The SMILES string of the molecule is CC1C=NN(c2ccccc2Cl)C1. The summed E-state index contributed by atoms with van der Waals surface area (Å²) in [6.07, 6.45) is 1.95. The number of benzene rings is 1. The number of anilines is 1. The van der Waals surface area contributed by atoms with Crippen molar-refractivity contribution < 1.29 is 0 Å². The first-order chi connectivity index (χ1) is 6.27. The second kappa shape index (κ2) is 3.38. The Bertz CT molecular complexity index is 335. The molecule has 1 aromatic carbocycles. The van der Waals surface area contributed by atoms with Crippen molar-refractivity contribution in [2.75, 3.05) is 11.6 Å². The molecular weight excluding hydrogens is 184 g/mol. The summed E-state index contributed by atoms with van der Waals surface area (Å²) in [6.45, 7) is 3.06. The van der Waals surface area contributed by atoms with Gasteiger partial charge in [-0.15, -0.1) is 0 Å². The average Bonchev–Trinajstić information content (AvgIpc) is 2.53. The van der Waals surface area contributed by atoms with E-state index in [-0.39, 0.29) is 0 Å². The summed E-state index contributed by atoms with van der Waals surface area (Å²) in [4.78, 5) is 0. The minimum atomic E-state index is 0.510. The lowest BCUT2D eigenvalue weighted by Gasteiger charge is -2.15. The molecule has 0 N–H and O–H groups in total. The molecule has 0 bridgehead atoms. The Morgan fingerprint density at radius 2 is 2.23 bits per heavy atom. The molecule has 0 spiro atoms. The Balaban J connectivity index is 2.27. The Labute approximate surface area is 82.8 Å². The number of rotatable bonds is 1. The number of hydrazone groups is 1. The third-order valence-corrected chi connectivity index (χ3v) is 2.37. The molecule has 68 valence electrons.